The van der Waals surface area contributed by atoms with Crippen LogP contribution in [0.2, 0.25) is 0 Å². The molecule has 0 aromatic rings. The average Bonchev–Trinajstić information content (AvgIpc) is 3.25. The van der Waals surface area contributed by atoms with Crippen molar-refractivity contribution in [2.24, 2.45) is 5.92 Å². The monoisotopic (exact) mass is 448 g/mol. The summed E-state index contributed by atoms with van der Waals surface area (Å²) in [4.78, 5) is 50.0. The van der Waals surface area contributed by atoms with Crippen LogP contribution in [0, 0.1) is 5.92 Å². The number of epoxide rings is 1. The summed E-state index contributed by atoms with van der Waals surface area (Å²) in [6.45, 7) is 10.2. The summed E-state index contributed by atoms with van der Waals surface area (Å²) in [5.74, 6) is -3.70. The first-order valence-electron chi connectivity index (χ1n) is 10.4. The Morgan fingerprint density at radius 3 is 2.47 bits per heavy atom. The van der Waals surface area contributed by atoms with Crippen LogP contribution in [0.3, 0.4) is 0 Å². The van der Waals surface area contributed by atoms with Crippen LogP contribution in [0.25, 0.3) is 0 Å². The van der Waals surface area contributed by atoms with Crippen LogP contribution in [0.15, 0.2) is 35.5 Å². The van der Waals surface area contributed by atoms with Gasteiger partial charge in [0.05, 0.1) is 24.7 Å². The molecule has 2 saturated heterocycles. The molecule has 0 amide bonds. The fourth-order valence-corrected chi connectivity index (χ4v) is 3.98. The van der Waals surface area contributed by atoms with Gasteiger partial charge in [0.1, 0.15) is 6.10 Å². The minimum absolute atomic E-state index is 0.0102. The average molecular weight is 448 g/mol. The van der Waals surface area contributed by atoms with Crippen molar-refractivity contribution in [3.63, 3.8) is 0 Å². The molecule has 0 radical (unpaired) electrons. The Morgan fingerprint density at radius 1 is 1.25 bits per heavy atom. The number of rotatable bonds is 4. The van der Waals surface area contributed by atoms with Crippen molar-refractivity contribution >= 4 is 23.9 Å². The summed E-state index contributed by atoms with van der Waals surface area (Å²) in [5, 5.41) is 0. The van der Waals surface area contributed by atoms with Gasteiger partial charge in [-0.05, 0) is 39.7 Å². The highest BCUT2D eigenvalue weighted by Gasteiger charge is 2.59. The van der Waals surface area contributed by atoms with E-state index in [1.807, 2.05) is 6.92 Å². The summed E-state index contributed by atoms with van der Waals surface area (Å²) in [5.41, 5.74) is -0.216. The van der Waals surface area contributed by atoms with Crippen molar-refractivity contribution in [3.05, 3.63) is 35.5 Å². The molecule has 1 unspecified atom stereocenters. The smallest absolute Gasteiger partial charge is 0.341 e. The molecule has 0 saturated carbocycles. The number of fused-ring (bicyclic) bond motifs is 1. The second-order valence-electron chi connectivity index (χ2n) is 8.39. The highest BCUT2D eigenvalue weighted by molar-refractivity contribution is 5.93. The van der Waals surface area contributed by atoms with E-state index in [9.17, 15) is 19.2 Å². The molecule has 0 spiro atoms. The van der Waals surface area contributed by atoms with Crippen LogP contribution in [-0.4, -0.2) is 61.0 Å². The third-order valence-corrected chi connectivity index (χ3v) is 6.07. The second-order valence-corrected chi connectivity index (χ2v) is 8.39. The zero-order chi connectivity index (χ0) is 23.8. The first-order chi connectivity index (χ1) is 15.0. The van der Waals surface area contributed by atoms with Gasteiger partial charge in [-0.1, -0.05) is 18.2 Å². The number of esters is 4. The first kappa shape index (κ1) is 23.7. The predicted molar refractivity (Wildman–Crippen MR) is 110 cm³/mol. The van der Waals surface area contributed by atoms with Gasteiger partial charge < -0.3 is 23.7 Å². The molecular weight excluding hydrogens is 420 g/mol. The van der Waals surface area contributed by atoms with E-state index in [1.54, 1.807) is 26.0 Å². The van der Waals surface area contributed by atoms with Crippen molar-refractivity contribution in [2.75, 3.05) is 7.11 Å². The van der Waals surface area contributed by atoms with Gasteiger partial charge in [-0.3, -0.25) is 4.79 Å². The molecule has 3 rings (SSSR count). The molecule has 9 nitrogen and oxygen atoms in total. The molecule has 2 heterocycles. The van der Waals surface area contributed by atoms with Crippen molar-refractivity contribution in [2.45, 2.75) is 70.6 Å². The van der Waals surface area contributed by atoms with Crippen molar-refractivity contribution < 1.29 is 42.9 Å². The molecule has 0 aromatic heterocycles. The van der Waals surface area contributed by atoms with Crippen LogP contribution in [0.1, 0.15) is 40.5 Å². The SMILES string of the molecule is C=C1C(=O)O[C@@H]2/C=C(\C)CC/C=C(/C(=O)OC)C(OC(C)=O)[C@@H](OC(=O)[C@]3(C)O[C@@H]3C)[C@@H]12. The van der Waals surface area contributed by atoms with E-state index < -0.39 is 53.7 Å². The number of carbonyl (C=O) groups is 4. The maximum Gasteiger partial charge on any atom is 0.341 e. The van der Waals surface area contributed by atoms with Crippen molar-refractivity contribution in [3.8, 4) is 0 Å². The Kier molecular flexibility index (Phi) is 6.59. The largest absolute Gasteiger partial charge is 0.466 e. The van der Waals surface area contributed by atoms with E-state index in [4.69, 9.17) is 23.7 Å². The first-order valence-corrected chi connectivity index (χ1v) is 10.4. The van der Waals surface area contributed by atoms with E-state index in [2.05, 4.69) is 6.58 Å². The lowest BCUT2D eigenvalue weighted by Gasteiger charge is -2.33. The van der Waals surface area contributed by atoms with E-state index >= 15 is 0 Å². The van der Waals surface area contributed by atoms with Crippen LogP contribution >= 0.6 is 0 Å². The van der Waals surface area contributed by atoms with Gasteiger partial charge in [-0.25, -0.2) is 14.4 Å². The Morgan fingerprint density at radius 2 is 1.91 bits per heavy atom. The summed E-state index contributed by atoms with van der Waals surface area (Å²) < 4.78 is 27.1. The number of hydrogen-bond acceptors (Lipinski definition) is 9. The fourth-order valence-electron chi connectivity index (χ4n) is 3.98. The number of carbonyl (C=O) groups excluding carboxylic acids is 4. The fraction of sp³-hybridized carbons (Fsp3) is 0.565. The Labute approximate surface area is 186 Å². The second kappa shape index (κ2) is 8.90. The van der Waals surface area contributed by atoms with Gasteiger partial charge in [0.2, 0.25) is 0 Å². The summed E-state index contributed by atoms with van der Waals surface area (Å²) in [7, 11) is 1.20. The zero-order valence-corrected chi connectivity index (χ0v) is 18.8. The third kappa shape index (κ3) is 4.48. The van der Waals surface area contributed by atoms with E-state index in [0.717, 1.165) is 5.57 Å². The quantitative estimate of drug-likeness (QED) is 0.209. The minimum Gasteiger partial charge on any atom is -0.466 e. The number of methoxy groups -OCH3 is 1. The molecule has 174 valence electrons. The molecule has 2 fully saturated rings. The summed E-state index contributed by atoms with van der Waals surface area (Å²) in [6, 6.07) is 0. The standard InChI is InChI=1S/C23H28O9/c1-11-8-7-9-15(21(26)28-6)18(29-14(4)24)19(31-22(27)23(5)13(3)32-23)17-12(2)20(25)30-16(17)10-11/h9-10,13,16-19H,2,7-8H2,1,3-6H3/b11-10+,15-9+/t13-,16-,17+,18?,19+,23-/m1/s1. The minimum atomic E-state index is -1.34. The molecule has 0 bridgehead atoms. The molecule has 0 N–H and O–H groups in total. The normalized spacial score (nSPS) is 37.6. The molecule has 32 heavy (non-hydrogen) atoms. The Bertz CT molecular complexity index is 914. The molecular formula is C23H28O9. The third-order valence-electron chi connectivity index (χ3n) is 6.07. The van der Waals surface area contributed by atoms with E-state index in [1.165, 1.54) is 14.0 Å². The molecule has 2 aliphatic heterocycles. The highest BCUT2D eigenvalue weighted by atomic mass is 16.7. The van der Waals surface area contributed by atoms with E-state index in [-0.39, 0.29) is 17.3 Å². The molecule has 6 atom stereocenters. The lowest BCUT2D eigenvalue weighted by Crippen LogP contribution is -2.47. The molecule has 1 aliphatic carbocycles. The molecule has 3 aliphatic rings. The lowest BCUT2D eigenvalue weighted by atomic mass is 9.83. The maximum atomic E-state index is 13.0. The lowest BCUT2D eigenvalue weighted by molar-refractivity contribution is -0.173. The zero-order valence-electron chi connectivity index (χ0n) is 18.8. The van der Waals surface area contributed by atoms with Crippen LogP contribution in [0.5, 0.6) is 0 Å². The van der Waals surface area contributed by atoms with Gasteiger partial charge >= 0.3 is 23.9 Å². The van der Waals surface area contributed by atoms with Crippen LogP contribution in [0.4, 0.5) is 0 Å². The van der Waals surface area contributed by atoms with Gasteiger partial charge in [0, 0.05) is 12.5 Å². The predicted octanol–water partition coefficient (Wildman–Crippen LogP) is 1.94. The van der Waals surface area contributed by atoms with Gasteiger partial charge in [-0.15, -0.1) is 0 Å². The van der Waals surface area contributed by atoms with Crippen LogP contribution < -0.4 is 0 Å². The van der Waals surface area contributed by atoms with Crippen LogP contribution in [-0.2, 0) is 42.9 Å². The molecule has 0 aromatic carbocycles. The van der Waals surface area contributed by atoms with Crippen molar-refractivity contribution in [1.29, 1.82) is 0 Å². The van der Waals surface area contributed by atoms with Gasteiger partial charge in [0.25, 0.3) is 0 Å². The highest BCUT2D eigenvalue weighted by Crippen LogP contribution is 2.41. The molecule has 9 heteroatoms. The van der Waals surface area contributed by atoms with E-state index in [0.29, 0.717) is 12.8 Å². The van der Waals surface area contributed by atoms with Gasteiger partial charge in [0.15, 0.2) is 17.8 Å². The Balaban J connectivity index is 2.14. The topological polar surface area (TPSA) is 118 Å². The maximum absolute atomic E-state index is 13.0. The number of allylic oxidation sites excluding steroid dienone is 2. The number of ether oxygens (including phenoxy) is 5. The number of hydrogen-bond donors (Lipinski definition) is 0. The summed E-state index contributed by atoms with van der Waals surface area (Å²) >= 11 is 0. The summed E-state index contributed by atoms with van der Waals surface area (Å²) in [6.07, 6.45) is 0.540. The Hall–Kier alpha value is -2.94. The van der Waals surface area contributed by atoms with Crippen molar-refractivity contribution in [1.82, 2.24) is 0 Å². The van der Waals surface area contributed by atoms with Gasteiger partial charge in [-0.2, -0.15) is 0 Å².